The molecule has 0 spiro atoms. The molecular weight excluding hydrogens is 362 g/mol. The van der Waals surface area contributed by atoms with E-state index in [9.17, 15) is 14.4 Å². The van der Waals surface area contributed by atoms with Crippen molar-refractivity contribution in [3.63, 3.8) is 0 Å². The van der Waals surface area contributed by atoms with E-state index in [1.807, 2.05) is 6.92 Å². The Morgan fingerprint density at radius 3 is 1.96 bits per heavy atom. The van der Waals surface area contributed by atoms with Gasteiger partial charge in [0.1, 0.15) is 30.8 Å². The van der Waals surface area contributed by atoms with Crippen LogP contribution >= 0.6 is 0 Å². The van der Waals surface area contributed by atoms with Gasteiger partial charge in [0.05, 0.1) is 17.7 Å². The molecule has 3 rings (SSSR count). The van der Waals surface area contributed by atoms with E-state index < -0.39 is 23.8 Å². The molecule has 0 aliphatic carbocycles. The van der Waals surface area contributed by atoms with E-state index >= 15 is 0 Å². The highest BCUT2D eigenvalue weighted by atomic mass is 16.6. The number of hydrogen-bond acceptors (Lipinski definition) is 6. The highest BCUT2D eigenvalue weighted by Gasteiger charge is 2.41. The molecule has 0 bridgehead atoms. The van der Waals surface area contributed by atoms with Gasteiger partial charge in [0.2, 0.25) is 0 Å². The monoisotopic (exact) mass is 383 g/mol. The zero-order valence-corrected chi connectivity index (χ0v) is 15.7. The van der Waals surface area contributed by atoms with E-state index in [1.165, 1.54) is 6.92 Å². The first-order valence-corrected chi connectivity index (χ1v) is 9.02. The van der Waals surface area contributed by atoms with E-state index in [0.717, 1.165) is 10.6 Å². The summed E-state index contributed by atoms with van der Waals surface area (Å²) in [4.78, 5) is 38.0. The summed E-state index contributed by atoms with van der Waals surface area (Å²) in [6.45, 7) is 4.11. The standard InChI is InChI=1S/C21H21NO6/c1-3-26-15-8-10-16(11-9-15)27-12-13-28-21(25)14(2)22-19(23)17-6-4-5-7-18(17)20(22)24/h4-11,14H,3,12-13H2,1-2H3. The lowest BCUT2D eigenvalue weighted by Crippen LogP contribution is -2.44. The van der Waals surface area contributed by atoms with Gasteiger partial charge in [0, 0.05) is 0 Å². The second kappa shape index (κ2) is 8.56. The number of imide groups is 1. The van der Waals surface area contributed by atoms with Gasteiger partial charge in [-0.25, -0.2) is 4.79 Å². The summed E-state index contributed by atoms with van der Waals surface area (Å²) in [5, 5.41) is 0. The highest BCUT2D eigenvalue weighted by Crippen LogP contribution is 2.24. The van der Waals surface area contributed by atoms with Crippen LogP contribution in [-0.4, -0.2) is 48.5 Å². The Morgan fingerprint density at radius 1 is 0.893 bits per heavy atom. The van der Waals surface area contributed by atoms with Gasteiger partial charge >= 0.3 is 5.97 Å². The molecule has 1 atom stereocenters. The van der Waals surface area contributed by atoms with Crippen molar-refractivity contribution in [3.8, 4) is 11.5 Å². The second-order valence-electron chi connectivity index (χ2n) is 6.12. The number of carbonyl (C=O) groups excluding carboxylic acids is 3. The molecule has 7 heteroatoms. The van der Waals surface area contributed by atoms with Crippen LogP contribution in [0.5, 0.6) is 11.5 Å². The highest BCUT2D eigenvalue weighted by molar-refractivity contribution is 6.22. The summed E-state index contributed by atoms with van der Waals surface area (Å²) in [6.07, 6.45) is 0. The van der Waals surface area contributed by atoms with Crippen LogP contribution < -0.4 is 9.47 Å². The van der Waals surface area contributed by atoms with Crippen molar-refractivity contribution < 1.29 is 28.6 Å². The average Bonchev–Trinajstić information content (AvgIpc) is 2.97. The van der Waals surface area contributed by atoms with Gasteiger partial charge in [-0.05, 0) is 50.2 Å². The summed E-state index contributed by atoms with van der Waals surface area (Å²) in [5.41, 5.74) is 0.594. The first kappa shape index (κ1) is 19.4. The van der Waals surface area contributed by atoms with Gasteiger partial charge in [-0.1, -0.05) is 12.1 Å². The number of hydrogen-bond donors (Lipinski definition) is 0. The maximum Gasteiger partial charge on any atom is 0.329 e. The van der Waals surface area contributed by atoms with Crippen LogP contribution in [0.3, 0.4) is 0 Å². The van der Waals surface area contributed by atoms with E-state index in [4.69, 9.17) is 14.2 Å². The minimum atomic E-state index is -1.02. The van der Waals surface area contributed by atoms with Crippen LogP contribution in [0.25, 0.3) is 0 Å². The smallest absolute Gasteiger partial charge is 0.329 e. The Hall–Kier alpha value is -3.35. The van der Waals surface area contributed by atoms with Gasteiger partial charge < -0.3 is 14.2 Å². The fourth-order valence-corrected chi connectivity index (χ4v) is 2.89. The van der Waals surface area contributed by atoms with Gasteiger partial charge in [0.25, 0.3) is 11.8 Å². The van der Waals surface area contributed by atoms with Crippen molar-refractivity contribution in [2.75, 3.05) is 19.8 Å². The first-order chi connectivity index (χ1) is 13.5. The number of esters is 1. The average molecular weight is 383 g/mol. The molecule has 1 aliphatic heterocycles. The molecule has 0 saturated heterocycles. The molecule has 146 valence electrons. The molecule has 0 saturated carbocycles. The minimum Gasteiger partial charge on any atom is -0.494 e. The summed E-state index contributed by atoms with van der Waals surface area (Å²) in [5.74, 6) is -0.278. The van der Waals surface area contributed by atoms with Gasteiger partial charge in [-0.2, -0.15) is 0 Å². The molecule has 28 heavy (non-hydrogen) atoms. The largest absolute Gasteiger partial charge is 0.494 e. The van der Waals surface area contributed by atoms with Crippen LogP contribution in [0.15, 0.2) is 48.5 Å². The van der Waals surface area contributed by atoms with Crippen LogP contribution in [-0.2, 0) is 9.53 Å². The number of amides is 2. The molecule has 0 N–H and O–H groups in total. The predicted molar refractivity (Wildman–Crippen MR) is 100 cm³/mol. The van der Waals surface area contributed by atoms with E-state index in [1.54, 1.807) is 48.5 Å². The molecule has 1 aliphatic rings. The molecule has 2 aromatic carbocycles. The molecule has 2 amide bonds. The van der Waals surface area contributed by atoms with Crippen LogP contribution in [0.1, 0.15) is 34.6 Å². The molecule has 7 nitrogen and oxygen atoms in total. The van der Waals surface area contributed by atoms with E-state index in [-0.39, 0.29) is 13.2 Å². The fraction of sp³-hybridized carbons (Fsp3) is 0.286. The quantitative estimate of drug-likeness (QED) is 0.396. The Balaban J connectivity index is 1.49. The van der Waals surface area contributed by atoms with Crippen molar-refractivity contribution >= 4 is 17.8 Å². The van der Waals surface area contributed by atoms with Crippen molar-refractivity contribution in [1.82, 2.24) is 4.90 Å². The summed E-state index contributed by atoms with van der Waals surface area (Å²) in [6, 6.07) is 12.6. The number of carbonyl (C=O) groups is 3. The van der Waals surface area contributed by atoms with Crippen molar-refractivity contribution in [2.45, 2.75) is 19.9 Å². The Morgan fingerprint density at radius 2 is 1.43 bits per heavy atom. The summed E-state index contributed by atoms with van der Waals surface area (Å²) in [7, 11) is 0. The first-order valence-electron chi connectivity index (χ1n) is 9.02. The third kappa shape index (κ3) is 3.98. The molecule has 0 aromatic heterocycles. The summed E-state index contributed by atoms with van der Waals surface area (Å²) >= 11 is 0. The lowest BCUT2D eigenvalue weighted by atomic mass is 10.1. The number of benzene rings is 2. The lowest BCUT2D eigenvalue weighted by Gasteiger charge is -2.20. The van der Waals surface area contributed by atoms with Crippen molar-refractivity contribution in [1.29, 1.82) is 0 Å². The van der Waals surface area contributed by atoms with Gasteiger partial charge in [-0.3, -0.25) is 14.5 Å². The SMILES string of the molecule is CCOc1ccc(OCCOC(=O)C(C)N2C(=O)c3ccccc3C2=O)cc1. The van der Waals surface area contributed by atoms with E-state index in [0.29, 0.717) is 23.5 Å². The minimum absolute atomic E-state index is 0.000442. The van der Waals surface area contributed by atoms with Gasteiger partial charge in [-0.15, -0.1) is 0 Å². The van der Waals surface area contributed by atoms with Crippen LogP contribution in [0.2, 0.25) is 0 Å². The zero-order chi connectivity index (χ0) is 20.1. The molecule has 1 unspecified atom stereocenters. The molecular formula is C21H21NO6. The number of rotatable bonds is 8. The normalized spacial score (nSPS) is 13.9. The number of ether oxygens (including phenoxy) is 3. The van der Waals surface area contributed by atoms with Crippen molar-refractivity contribution in [3.05, 3.63) is 59.7 Å². The molecule has 0 radical (unpaired) electrons. The topological polar surface area (TPSA) is 82.1 Å². The molecule has 0 fully saturated rings. The molecule has 2 aromatic rings. The third-order valence-electron chi connectivity index (χ3n) is 4.29. The maximum atomic E-state index is 12.4. The lowest BCUT2D eigenvalue weighted by molar-refractivity contribution is -0.148. The maximum absolute atomic E-state index is 12.4. The third-order valence-corrected chi connectivity index (χ3v) is 4.29. The fourth-order valence-electron chi connectivity index (χ4n) is 2.89. The van der Waals surface area contributed by atoms with Gasteiger partial charge in [0.15, 0.2) is 0 Å². The Kier molecular flexibility index (Phi) is 5.93. The Bertz CT molecular complexity index is 842. The number of nitrogens with zero attached hydrogens (tertiary/aromatic N) is 1. The van der Waals surface area contributed by atoms with Crippen LogP contribution in [0, 0.1) is 0 Å². The van der Waals surface area contributed by atoms with E-state index in [2.05, 4.69) is 0 Å². The Labute approximate surface area is 162 Å². The zero-order valence-electron chi connectivity index (χ0n) is 15.7. The van der Waals surface area contributed by atoms with Crippen LogP contribution in [0.4, 0.5) is 0 Å². The van der Waals surface area contributed by atoms with Crippen molar-refractivity contribution in [2.24, 2.45) is 0 Å². The molecule has 1 heterocycles. The second-order valence-corrected chi connectivity index (χ2v) is 6.12. The summed E-state index contributed by atoms with van der Waals surface area (Å²) < 4.78 is 16.0. The number of fused-ring (bicyclic) bond motifs is 1. The predicted octanol–water partition coefficient (Wildman–Crippen LogP) is 2.69.